The maximum absolute atomic E-state index is 5.05. The Kier molecular flexibility index (Phi) is 2.00. The van der Waals surface area contributed by atoms with Crippen molar-refractivity contribution in [1.29, 1.82) is 0 Å². The predicted octanol–water partition coefficient (Wildman–Crippen LogP) is 2.35. The number of ether oxygens (including phenoxy) is 1. The Morgan fingerprint density at radius 1 is 1.15 bits per heavy atom. The zero-order valence-electron chi connectivity index (χ0n) is 7.23. The Labute approximate surface area is 75.9 Å². The largest absolute Gasteiger partial charge is 0.497 e. The van der Waals surface area contributed by atoms with Crippen molar-refractivity contribution in [3.63, 3.8) is 0 Å². The van der Waals surface area contributed by atoms with Gasteiger partial charge in [0.2, 0.25) is 0 Å². The maximum Gasteiger partial charge on any atom is 0.131 e. The van der Waals surface area contributed by atoms with Crippen LogP contribution in [0.25, 0.3) is 11.1 Å². The van der Waals surface area contributed by atoms with E-state index >= 15 is 0 Å². The summed E-state index contributed by atoms with van der Waals surface area (Å²) in [7, 11) is 1.65. The highest BCUT2D eigenvalue weighted by atomic mass is 16.5. The molecule has 0 saturated carbocycles. The van der Waals surface area contributed by atoms with E-state index in [0.717, 1.165) is 16.9 Å². The molecule has 1 aromatic heterocycles. The van der Waals surface area contributed by atoms with E-state index in [-0.39, 0.29) is 0 Å². The van der Waals surface area contributed by atoms with Gasteiger partial charge >= 0.3 is 0 Å². The molecule has 0 N–H and O–H groups in total. The van der Waals surface area contributed by atoms with Crippen LogP contribution in [0.3, 0.4) is 0 Å². The van der Waals surface area contributed by atoms with Crippen molar-refractivity contribution in [3.05, 3.63) is 36.7 Å². The van der Waals surface area contributed by atoms with E-state index < -0.39 is 0 Å². The quantitative estimate of drug-likeness (QED) is 0.702. The number of methoxy groups -OCH3 is 1. The molecule has 1 aromatic carbocycles. The summed E-state index contributed by atoms with van der Waals surface area (Å²) in [6.07, 6.45) is 3.30. The molecule has 0 aliphatic heterocycles. The van der Waals surface area contributed by atoms with Gasteiger partial charge < -0.3 is 9.26 Å². The van der Waals surface area contributed by atoms with Gasteiger partial charge in [-0.3, -0.25) is 0 Å². The normalized spacial score (nSPS) is 9.92. The molecule has 0 unspecified atom stereocenters. The minimum atomic E-state index is 0.847. The molecule has 13 heavy (non-hydrogen) atoms. The van der Waals surface area contributed by atoms with Crippen LogP contribution in [0.2, 0.25) is 0 Å². The Bertz CT molecular complexity index is 364. The topological polar surface area (TPSA) is 35.3 Å². The van der Waals surface area contributed by atoms with E-state index in [2.05, 4.69) is 5.16 Å². The van der Waals surface area contributed by atoms with Gasteiger partial charge in [-0.2, -0.15) is 0 Å². The van der Waals surface area contributed by atoms with Crippen molar-refractivity contribution in [2.24, 2.45) is 0 Å². The van der Waals surface area contributed by atoms with E-state index in [9.17, 15) is 0 Å². The molecule has 1 heterocycles. The number of nitrogens with zero attached hydrogens (tertiary/aromatic N) is 1. The Morgan fingerprint density at radius 3 is 2.46 bits per heavy atom. The molecule has 3 heteroatoms. The standard InChI is InChI=1S/C10H9NO2/c1-12-10-4-2-8(3-5-10)9-6-11-13-7-9/h2-7H,1H3. The first kappa shape index (κ1) is 7.86. The summed E-state index contributed by atoms with van der Waals surface area (Å²) in [6.45, 7) is 0. The Balaban J connectivity index is 2.33. The van der Waals surface area contributed by atoms with Gasteiger partial charge in [0, 0.05) is 5.56 Å². The molecule has 0 aliphatic rings. The minimum Gasteiger partial charge on any atom is -0.497 e. The fraction of sp³-hybridized carbons (Fsp3) is 0.100. The highest BCUT2D eigenvalue weighted by Crippen LogP contribution is 2.21. The van der Waals surface area contributed by atoms with Crippen molar-refractivity contribution < 1.29 is 9.26 Å². The van der Waals surface area contributed by atoms with Crippen LogP contribution in [0.15, 0.2) is 41.2 Å². The van der Waals surface area contributed by atoms with Crippen LogP contribution in [-0.4, -0.2) is 12.3 Å². The number of hydrogen-bond donors (Lipinski definition) is 0. The molecule has 2 rings (SSSR count). The average Bonchev–Trinajstić information content (AvgIpc) is 2.71. The van der Waals surface area contributed by atoms with Gasteiger partial charge in [0.15, 0.2) is 0 Å². The summed E-state index contributed by atoms with van der Waals surface area (Å²) in [5.74, 6) is 0.847. The van der Waals surface area contributed by atoms with E-state index in [4.69, 9.17) is 9.26 Å². The van der Waals surface area contributed by atoms with Crippen molar-refractivity contribution in [1.82, 2.24) is 5.16 Å². The van der Waals surface area contributed by atoms with Gasteiger partial charge in [-0.1, -0.05) is 17.3 Å². The third-order valence-electron chi connectivity index (χ3n) is 1.86. The molecular formula is C10H9NO2. The number of hydrogen-bond acceptors (Lipinski definition) is 3. The summed E-state index contributed by atoms with van der Waals surface area (Å²) in [5.41, 5.74) is 2.05. The first-order chi connectivity index (χ1) is 6.40. The molecule has 0 fully saturated rings. The SMILES string of the molecule is COc1ccc(-c2cnoc2)cc1. The van der Waals surface area contributed by atoms with Crippen LogP contribution in [0.4, 0.5) is 0 Å². The lowest BCUT2D eigenvalue weighted by atomic mass is 10.1. The fourth-order valence-electron chi connectivity index (χ4n) is 1.13. The molecule has 2 aromatic rings. The summed E-state index contributed by atoms with van der Waals surface area (Å²) in [5, 5.41) is 3.63. The van der Waals surface area contributed by atoms with Gasteiger partial charge in [-0.05, 0) is 17.7 Å². The molecule has 0 spiro atoms. The first-order valence-electron chi connectivity index (χ1n) is 3.94. The summed E-state index contributed by atoms with van der Waals surface area (Å²) >= 11 is 0. The molecule has 0 bridgehead atoms. The van der Waals surface area contributed by atoms with Crippen molar-refractivity contribution >= 4 is 0 Å². The number of aromatic nitrogens is 1. The fourth-order valence-corrected chi connectivity index (χ4v) is 1.13. The number of rotatable bonds is 2. The second-order valence-electron chi connectivity index (χ2n) is 2.64. The minimum absolute atomic E-state index is 0.847. The third kappa shape index (κ3) is 1.54. The smallest absolute Gasteiger partial charge is 0.131 e. The Morgan fingerprint density at radius 2 is 1.92 bits per heavy atom. The molecular weight excluding hydrogens is 166 g/mol. The van der Waals surface area contributed by atoms with Crippen LogP contribution in [-0.2, 0) is 0 Å². The highest BCUT2D eigenvalue weighted by molar-refractivity contribution is 5.61. The highest BCUT2D eigenvalue weighted by Gasteiger charge is 1.99. The summed E-state index contributed by atoms with van der Waals surface area (Å²) in [4.78, 5) is 0. The van der Waals surface area contributed by atoms with Crippen molar-refractivity contribution in [3.8, 4) is 16.9 Å². The van der Waals surface area contributed by atoms with Crippen LogP contribution < -0.4 is 4.74 Å². The zero-order chi connectivity index (χ0) is 9.10. The van der Waals surface area contributed by atoms with Gasteiger partial charge in [0.05, 0.1) is 13.3 Å². The summed E-state index contributed by atoms with van der Waals surface area (Å²) < 4.78 is 9.79. The second-order valence-corrected chi connectivity index (χ2v) is 2.64. The third-order valence-corrected chi connectivity index (χ3v) is 1.86. The number of benzene rings is 1. The van der Waals surface area contributed by atoms with E-state index in [1.807, 2.05) is 24.3 Å². The second kappa shape index (κ2) is 3.31. The van der Waals surface area contributed by atoms with Crippen molar-refractivity contribution in [2.75, 3.05) is 7.11 Å². The molecule has 66 valence electrons. The maximum atomic E-state index is 5.05. The lowest BCUT2D eigenvalue weighted by Gasteiger charge is -1.99. The summed E-state index contributed by atoms with van der Waals surface area (Å²) in [6, 6.07) is 7.74. The van der Waals surface area contributed by atoms with Gasteiger partial charge in [0.1, 0.15) is 12.0 Å². The molecule has 0 saturated heterocycles. The van der Waals surface area contributed by atoms with Gasteiger partial charge in [0.25, 0.3) is 0 Å². The van der Waals surface area contributed by atoms with Crippen LogP contribution in [0, 0.1) is 0 Å². The van der Waals surface area contributed by atoms with E-state index in [1.165, 1.54) is 0 Å². The lowest BCUT2D eigenvalue weighted by Crippen LogP contribution is -1.81. The van der Waals surface area contributed by atoms with E-state index in [1.54, 1.807) is 19.6 Å². The van der Waals surface area contributed by atoms with Crippen LogP contribution >= 0.6 is 0 Å². The Hall–Kier alpha value is -1.77. The molecule has 0 radical (unpaired) electrons. The van der Waals surface area contributed by atoms with Gasteiger partial charge in [-0.15, -0.1) is 0 Å². The monoisotopic (exact) mass is 175 g/mol. The van der Waals surface area contributed by atoms with Gasteiger partial charge in [-0.25, -0.2) is 0 Å². The van der Waals surface area contributed by atoms with E-state index in [0.29, 0.717) is 0 Å². The van der Waals surface area contributed by atoms with Crippen molar-refractivity contribution in [2.45, 2.75) is 0 Å². The molecule has 0 atom stereocenters. The predicted molar refractivity (Wildman–Crippen MR) is 48.5 cm³/mol. The molecule has 0 aliphatic carbocycles. The zero-order valence-corrected chi connectivity index (χ0v) is 7.23. The van der Waals surface area contributed by atoms with Crippen LogP contribution in [0.5, 0.6) is 5.75 Å². The molecule has 3 nitrogen and oxygen atoms in total. The first-order valence-corrected chi connectivity index (χ1v) is 3.94. The molecule has 0 amide bonds. The van der Waals surface area contributed by atoms with Crippen LogP contribution in [0.1, 0.15) is 0 Å². The lowest BCUT2D eigenvalue weighted by molar-refractivity contribution is 0.415. The average molecular weight is 175 g/mol.